The molecule has 1 saturated heterocycles. The summed E-state index contributed by atoms with van der Waals surface area (Å²) in [5.74, 6) is 0. The van der Waals surface area contributed by atoms with Gasteiger partial charge in [-0.25, -0.2) is 0 Å². The van der Waals surface area contributed by atoms with E-state index in [9.17, 15) is 0 Å². The number of para-hydroxylation sites is 2. The van der Waals surface area contributed by atoms with Gasteiger partial charge in [-0.1, -0.05) is 12.1 Å². The Bertz CT molecular complexity index is 341. The van der Waals surface area contributed by atoms with Crippen molar-refractivity contribution in [2.45, 2.75) is 18.9 Å². The van der Waals surface area contributed by atoms with Crippen molar-refractivity contribution in [3.8, 4) is 0 Å². The first-order chi connectivity index (χ1) is 7.68. The molecule has 0 aliphatic carbocycles. The maximum absolute atomic E-state index is 5.94. The van der Waals surface area contributed by atoms with Crippen molar-refractivity contribution in [2.24, 2.45) is 5.73 Å². The van der Waals surface area contributed by atoms with E-state index in [1.807, 2.05) is 0 Å². The Morgan fingerprint density at radius 3 is 2.44 bits per heavy atom. The topological polar surface area (TPSA) is 32.5 Å². The number of anilines is 2. The van der Waals surface area contributed by atoms with Gasteiger partial charge in [0.25, 0.3) is 0 Å². The van der Waals surface area contributed by atoms with Gasteiger partial charge in [0.15, 0.2) is 0 Å². The minimum atomic E-state index is 0.391. The molecule has 1 aliphatic rings. The van der Waals surface area contributed by atoms with Crippen LogP contribution in [-0.4, -0.2) is 33.2 Å². The first-order valence-electron chi connectivity index (χ1n) is 5.95. The molecule has 16 heavy (non-hydrogen) atoms. The van der Waals surface area contributed by atoms with E-state index in [2.05, 4.69) is 48.2 Å². The third-order valence-electron chi connectivity index (χ3n) is 3.24. The third kappa shape index (κ3) is 2.30. The zero-order valence-electron chi connectivity index (χ0n) is 10.2. The standard InChI is InChI=1S/C13H21N3/c1-15(2)12-5-3-4-6-13(12)16-9-7-11(14)8-10-16/h3-6,11H,7-10,14H2,1-2H3. The number of hydrogen-bond donors (Lipinski definition) is 1. The minimum Gasteiger partial charge on any atom is -0.376 e. The van der Waals surface area contributed by atoms with Gasteiger partial charge in [-0.05, 0) is 25.0 Å². The molecular formula is C13H21N3. The second-order valence-corrected chi connectivity index (χ2v) is 4.71. The second-order valence-electron chi connectivity index (χ2n) is 4.71. The maximum atomic E-state index is 5.94. The molecule has 0 unspecified atom stereocenters. The summed E-state index contributed by atoms with van der Waals surface area (Å²) in [7, 11) is 4.18. The van der Waals surface area contributed by atoms with Gasteiger partial charge in [0, 0.05) is 33.2 Å². The molecule has 1 heterocycles. The van der Waals surface area contributed by atoms with Crippen molar-refractivity contribution in [1.29, 1.82) is 0 Å². The van der Waals surface area contributed by atoms with E-state index < -0.39 is 0 Å². The van der Waals surface area contributed by atoms with Crippen molar-refractivity contribution in [3.05, 3.63) is 24.3 Å². The molecule has 1 aliphatic heterocycles. The Balaban J connectivity index is 2.19. The molecule has 0 radical (unpaired) electrons. The minimum absolute atomic E-state index is 0.391. The van der Waals surface area contributed by atoms with Crippen molar-refractivity contribution >= 4 is 11.4 Å². The van der Waals surface area contributed by atoms with Crippen molar-refractivity contribution < 1.29 is 0 Å². The SMILES string of the molecule is CN(C)c1ccccc1N1CCC(N)CC1. The van der Waals surface area contributed by atoms with Gasteiger partial charge < -0.3 is 15.5 Å². The van der Waals surface area contributed by atoms with Crippen LogP contribution in [0.2, 0.25) is 0 Å². The molecule has 3 nitrogen and oxygen atoms in total. The molecule has 0 spiro atoms. The van der Waals surface area contributed by atoms with E-state index in [0.717, 1.165) is 25.9 Å². The highest BCUT2D eigenvalue weighted by Gasteiger charge is 2.18. The molecule has 0 atom stereocenters. The van der Waals surface area contributed by atoms with E-state index in [0.29, 0.717) is 6.04 Å². The smallest absolute Gasteiger partial charge is 0.0603 e. The summed E-state index contributed by atoms with van der Waals surface area (Å²) in [5.41, 5.74) is 8.56. The predicted octanol–water partition coefficient (Wildman–Crippen LogP) is 1.68. The van der Waals surface area contributed by atoms with Crippen LogP contribution in [0.5, 0.6) is 0 Å². The van der Waals surface area contributed by atoms with Crippen LogP contribution >= 0.6 is 0 Å². The van der Waals surface area contributed by atoms with Gasteiger partial charge in [-0.15, -0.1) is 0 Å². The summed E-state index contributed by atoms with van der Waals surface area (Å²) in [6, 6.07) is 8.96. The molecule has 2 N–H and O–H groups in total. The van der Waals surface area contributed by atoms with Crippen LogP contribution in [0.25, 0.3) is 0 Å². The van der Waals surface area contributed by atoms with E-state index in [1.54, 1.807) is 0 Å². The van der Waals surface area contributed by atoms with Crippen LogP contribution < -0.4 is 15.5 Å². The number of benzene rings is 1. The fraction of sp³-hybridized carbons (Fsp3) is 0.538. The van der Waals surface area contributed by atoms with Crippen LogP contribution in [0.3, 0.4) is 0 Å². The summed E-state index contributed by atoms with van der Waals surface area (Å²) >= 11 is 0. The zero-order chi connectivity index (χ0) is 11.5. The summed E-state index contributed by atoms with van der Waals surface area (Å²) in [6.07, 6.45) is 2.20. The number of nitrogens with two attached hydrogens (primary N) is 1. The van der Waals surface area contributed by atoms with Crippen LogP contribution in [0.15, 0.2) is 24.3 Å². The Labute approximate surface area is 97.8 Å². The Hall–Kier alpha value is -1.22. The molecule has 0 aromatic heterocycles. The van der Waals surface area contributed by atoms with E-state index in [1.165, 1.54) is 11.4 Å². The molecule has 1 aromatic rings. The van der Waals surface area contributed by atoms with Crippen LogP contribution in [-0.2, 0) is 0 Å². The van der Waals surface area contributed by atoms with Gasteiger partial charge in [0.2, 0.25) is 0 Å². The quantitative estimate of drug-likeness (QED) is 0.821. The summed E-state index contributed by atoms with van der Waals surface area (Å²) in [4.78, 5) is 4.61. The van der Waals surface area contributed by atoms with Crippen LogP contribution in [0.1, 0.15) is 12.8 Å². The number of nitrogens with zero attached hydrogens (tertiary/aromatic N) is 2. The highest BCUT2D eigenvalue weighted by Crippen LogP contribution is 2.29. The summed E-state index contributed by atoms with van der Waals surface area (Å²) < 4.78 is 0. The number of rotatable bonds is 2. The van der Waals surface area contributed by atoms with Gasteiger partial charge in [-0.2, -0.15) is 0 Å². The van der Waals surface area contributed by atoms with Gasteiger partial charge in [0.1, 0.15) is 0 Å². The average molecular weight is 219 g/mol. The third-order valence-corrected chi connectivity index (χ3v) is 3.24. The Kier molecular flexibility index (Phi) is 3.34. The molecule has 2 rings (SSSR count). The molecule has 0 amide bonds. The summed E-state index contributed by atoms with van der Waals surface area (Å²) in [6.45, 7) is 2.15. The first kappa shape index (κ1) is 11.3. The number of hydrogen-bond acceptors (Lipinski definition) is 3. The molecule has 88 valence electrons. The Morgan fingerprint density at radius 1 is 1.19 bits per heavy atom. The molecule has 1 aromatic carbocycles. The van der Waals surface area contributed by atoms with Gasteiger partial charge in [0.05, 0.1) is 11.4 Å². The lowest BCUT2D eigenvalue weighted by Crippen LogP contribution is -2.40. The fourth-order valence-electron chi connectivity index (χ4n) is 2.25. The van der Waals surface area contributed by atoms with Crippen molar-refractivity contribution in [1.82, 2.24) is 0 Å². The molecular weight excluding hydrogens is 198 g/mol. The zero-order valence-corrected chi connectivity index (χ0v) is 10.2. The normalized spacial score (nSPS) is 17.6. The van der Waals surface area contributed by atoms with Crippen molar-refractivity contribution in [2.75, 3.05) is 37.0 Å². The van der Waals surface area contributed by atoms with Crippen molar-refractivity contribution in [3.63, 3.8) is 0 Å². The number of piperidine rings is 1. The Morgan fingerprint density at radius 2 is 1.81 bits per heavy atom. The van der Waals surface area contributed by atoms with Crippen LogP contribution in [0, 0.1) is 0 Å². The molecule has 0 saturated carbocycles. The van der Waals surface area contributed by atoms with E-state index >= 15 is 0 Å². The fourth-order valence-corrected chi connectivity index (χ4v) is 2.25. The predicted molar refractivity (Wildman–Crippen MR) is 70.2 cm³/mol. The van der Waals surface area contributed by atoms with Gasteiger partial charge in [-0.3, -0.25) is 0 Å². The van der Waals surface area contributed by atoms with Gasteiger partial charge >= 0.3 is 0 Å². The summed E-state index contributed by atoms with van der Waals surface area (Å²) in [5, 5.41) is 0. The highest BCUT2D eigenvalue weighted by molar-refractivity contribution is 5.70. The molecule has 3 heteroatoms. The average Bonchev–Trinajstić information content (AvgIpc) is 2.30. The lowest BCUT2D eigenvalue weighted by atomic mass is 10.0. The lowest BCUT2D eigenvalue weighted by Gasteiger charge is -2.34. The van der Waals surface area contributed by atoms with E-state index in [-0.39, 0.29) is 0 Å². The molecule has 1 fully saturated rings. The van der Waals surface area contributed by atoms with Crippen LogP contribution in [0.4, 0.5) is 11.4 Å². The molecule has 0 bridgehead atoms. The lowest BCUT2D eigenvalue weighted by molar-refractivity contribution is 0.501. The largest absolute Gasteiger partial charge is 0.376 e. The second kappa shape index (κ2) is 4.74. The first-order valence-corrected chi connectivity index (χ1v) is 5.95. The van der Waals surface area contributed by atoms with E-state index in [4.69, 9.17) is 5.73 Å². The monoisotopic (exact) mass is 219 g/mol. The highest BCUT2D eigenvalue weighted by atomic mass is 15.2. The maximum Gasteiger partial charge on any atom is 0.0603 e.